The lowest BCUT2D eigenvalue weighted by Crippen LogP contribution is -2.21. The standard InChI is InChI=1S/C20H31NO/c1-5-7-17(11-10-15(2)3)12-18-8-6-9-19-13-21(16(4)22)14-20(18)19/h6,8-9,15,17H,5,7,10-14H2,1-4H3. The van der Waals surface area contributed by atoms with Crippen LogP contribution in [0.4, 0.5) is 0 Å². The lowest BCUT2D eigenvalue weighted by atomic mass is 9.86. The summed E-state index contributed by atoms with van der Waals surface area (Å²) in [5, 5.41) is 0. The van der Waals surface area contributed by atoms with Crippen molar-refractivity contribution in [3.05, 3.63) is 34.9 Å². The molecule has 1 aromatic rings. The highest BCUT2D eigenvalue weighted by molar-refractivity contribution is 5.74. The van der Waals surface area contributed by atoms with E-state index in [2.05, 4.69) is 39.0 Å². The molecule has 2 nitrogen and oxygen atoms in total. The zero-order chi connectivity index (χ0) is 16.1. The van der Waals surface area contributed by atoms with Crippen LogP contribution in [-0.4, -0.2) is 10.8 Å². The summed E-state index contributed by atoms with van der Waals surface area (Å²) in [7, 11) is 0. The molecule has 2 heteroatoms. The number of rotatable bonds is 7. The van der Waals surface area contributed by atoms with Gasteiger partial charge in [-0.3, -0.25) is 4.79 Å². The average molecular weight is 301 g/mol. The van der Waals surface area contributed by atoms with Gasteiger partial charge in [-0.05, 0) is 41.4 Å². The van der Waals surface area contributed by atoms with Crippen LogP contribution in [0, 0.1) is 11.8 Å². The van der Waals surface area contributed by atoms with Gasteiger partial charge in [0, 0.05) is 20.0 Å². The topological polar surface area (TPSA) is 20.3 Å². The summed E-state index contributed by atoms with van der Waals surface area (Å²) >= 11 is 0. The average Bonchev–Trinajstić information content (AvgIpc) is 2.90. The number of fused-ring (bicyclic) bond motifs is 1. The van der Waals surface area contributed by atoms with Gasteiger partial charge in [0.2, 0.25) is 5.91 Å². The molecule has 1 amide bonds. The van der Waals surface area contributed by atoms with Crippen LogP contribution in [0.5, 0.6) is 0 Å². The molecule has 0 aromatic heterocycles. The van der Waals surface area contributed by atoms with Crippen molar-refractivity contribution < 1.29 is 4.79 Å². The van der Waals surface area contributed by atoms with E-state index >= 15 is 0 Å². The molecule has 1 heterocycles. The van der Waals surface area contributed by atoms with E-state index in [1.807, 2.05) is 4.90 Å². The van der Waals surface area contributed by atoms with Gasteiger partial charge in [-0.15, -0.1) is 0 Å². The molecule has 0 aliphatic carbocycles. The minimum Gasteiger partial charge on any atom is -0.334 e. The molecule has 1 aliphatic heterocycles. The number of benzene rings is 1. The molecule has 2 rings (SSSR count). The largest absolute Gasteiger partial charge is 0.334 e. The third kappa shape index (κ3) is 4.34. The maximum absolute atomic E-state index is 11.7. The van der Waals surface area contributed by atoms with Crippen molar-refractivity contribution in [3.8, 4) is 0 Å². The summed E-state index contributed by atoms with van der Waals surface area (Å²) in [6.07, 6.45) is 6.39. The van der Waals surface area contributed by atoms with Crippen LogP contribution in [0.1, 0.15) is 70.1 Å². The molecule has 0 N–H and O–H groups in total. The highest BCUT2D eigenvalue weighted by Gasteiger charge is 2.24. The van der Waals surface area contributed by atoms with Crippen molar-refractivity contribution >= 4 is 5.91 Å². The smallest absolute Gasteiger partial charge is 0.220 e. The summed E-state index contributed by atoms with van der Waals surface area (Å²) < 4.78 is 0. The van der Waals surface area contributed by atoms with E-state index < -0.39 is 0 Å². The van der Waals surface area contributed by atoms with Crippen molar-refractivity contribution in [1.82, 2.24) is 4.90 Å². The van der Waals surface area contributed by atoms with Crippen molar-refractivity contribution in [2.45, 2.75) is 72.9 Å². The molecule has 0 radical (unpaired) electrons. The number of nitrogens with zero attached hydrogens (tertiary/aromatic N) is 1. The predicted molar refractivity (Wildman–Crippen MR) is 92.5 cm³/mol. The Labute approximate surface area is 135 Å². The second-order valence-electron chi connectivity index (χ2n) is 7.26. The quantitative estimate of drug-likeness (QED) is 0.698. The van der Waals surface area contributed by atoms with E-state index in [9.17, 15) is 4.79 Å². The van der Waals surface area contributed by atoms with E-state index in [1.165, 1.54) is 48.8 Å². The third-order valence-electron chi connectivity index (χ3n) is 4.88. The van der Waals surface area contributed by atoms with Gasteiger partial charge in [0.15, 0.2) is 0 Å². The van der Waals surface area contributed by atoms with Gasteiger partial charge in [-0.2, -0.15) is 0 Å². The van der Waals surface area contributed by atoms with Gasteiger partial charge in [0.25, 0.3) is 0 Å². The zero-order valence-electron chi connectivity index (χ0n) is 14.7. The summed E-state index contributed by atoms with van der Waals surface area (Å²) in [5.41, 5.74) is 4.25. The van der Waals surface area contributed by atoms with Crippen LogP contribution in [0.15, 0.2) is 18.2 Å². The second kappa shape index (κ2) is 7.80. The highest BCUT2D eigenvalue weighted by atomic mass is 16.2. The Balaban J connectivity index is 2.09. The third-order valence-corrected chi connectivity index (χ3v) is 4.88. The van der Waals surface area contributed by atoms with E-state index in [0.717, 1.165) is 24.9 Å². The lowest BCUT2D eigenvalue weighted by molar-refractivity contribution is -0.129. The van der Waals surface area contributed by atoms with E-state index in [0.29, 0.717) is 0 Å². The Hall–Kier alpha value is -1.31. The Morgan fingerprint density at radius 2 is 1.95 bits per heavy atom. The molecule has 0 saturated heterocycles. The van der Waals surface area contributed by atoms with E-state index in [4.69, 9.17) is 0 Å². The number of carbonyl (C=O) groups excluding carboxylic acids is 1. The first-order valence-corrected chi connectivity index (χ1v) is 8.86. The van der Waals surface area contributed by atoms with Crippen molar-refractivity contribution in [3.63, 3.8) is 0 Å². The van der Waals surface area contributed by atoms with Gasteiger partial charge in [0.05, 0.1) is 0 Å². The first-order valence-electron chi connectivity index (χ1n) is 8.86. The molecular formula is C20H31NO. The Bertz CT molecular complexity index is 506. The van der Waals surface area contributed by atoms with Crippen LogP contribution in [0.2, 0.25) is 0 Å². The Kier molecular flexibility index (Phi) is 6.05. The maximum Gasteiger partial charge on any atom is 0.220 e. The molecule has 0 bridgehead atoms. The zero-order valence-corrected chi connectivity index (χ0v) is 14.7. The van der Waals surface area contributed by atoms with Gasteiger partial charge in [-0.25, -0.2) is 0 Å². The second-order valence-corrected chi connectivity index (χ2v) is 7.26. The summed E-state index contributed by atoms with van der Waals surface area (Å²) in [4.78, 5) is 13.6. The Morgan fingerprint density at radius 3 is 2.59 bits per heavy atom. The fourth-order valence-electron chi connectivity index (χ4n) is 3.54. The highest BCUT2D eigenvalue weighted by Crippen LogP contribution is 2.30. The van der Waals surface area contributed by atoms with Crippen LogP contribution in [0.3, 0.4) is 0 Å². The maximum atomic E-state index is 11.7. The molecular weight excluding hydrogens is 270 g/mol. The van der Waals surface area contributed by atoms with Crippen LogP contribution >= 0.6 is 0 Å². The molecule has 22 heavy (non-hydrogen) atoms. The van der Waals surface area contributed by atoms with Crippen molar-refractivity contribution in [2.24, 2.45) is 11.8 Å². The molecule has 1 atom stereocenters. The number of amides is 1. The minimum absolute atomic E-state index is 0.187. The SMILES string of the molecule is CCCC(CCC(C)C)Cc1cccc2c1CN(C(C)=O)C2. The van der Waals surface area contributed by atoms with E-state index in [-0.39, 0.29) is 5.91 Å². The summed E-state index contributed by atoms with van der Waals surface area (Å²) in [6.45, 7) is 10.2. The first kappa shape index (κ1) is 17.1. The molecule has 1 aromatic carbocycles. The molecule has 1 aliphatic rings. The molecule has 122 valence electrons. The van der Waals surface area contributed by atoms with Gasteiger partial charge < -0.3 is 4.90 Å². The molecule has 0 saturated carbocycles. The normalized spacial score (nSPS) is 15.2. The van der Waals surface area contributed by atoms with Crippen molar-refractivity contribution in [2.75, 3.05) is 0 Å². The van der Waals surface area contributed by atoms with Gasteiger partial charge in [-0.1, -0.05) is 58.2 Å². The lowest BCUT2D eigenvalue weighted by Gasteiger charge is -2.19. The predicted octanol–water partition coefficient (Wildman–Crippen LogP) is 4.94. The van der Waals surface area contributed by atoms with Gasteiger partial charge >= 0.3 is 0 Å². The monoisotopic (exact) mass is 301 g/mol. The van der Waals surface area contributed by atoms with Crippen molar-refractivity contribution in [1.29, 1.82) is 0 Å². The molecule has 0 spiro atoms. The fourth-order valence-corrected chi connectivity index (χ4v) is 3.54. The molecule has 0 fully saturated rings. The Morgan fingerprint density at radius 1 is 1.18 bits per heavy atom. The number of hydrogen-bond donors (Lipinski definition) is 0. The number of hydrogen-bond acceptors (Lipinski definition) is 1. The summed E-state index contributed by atoms with van der Waals surface area (Å²) in [6, 6.07) is 6.63. The van der Waals surface area contributed by atoms with Crippen LogP contribution < -0.4 is 0 Å². The van der Waals surface area contributed by atoms with Crippen LogP contribution in [-0.2, 0) is 24.3 Å². The fraction of sp³-hybridized carbons (Fsp3) is 0.650. The van der Waals surface area contributed by atoms with Crippen LogP contribution in [0.25, 0.3) is 0 Å². The van der Waals surface area contributed by atoms with Gasteiger partial charge in [0.1, 0.15) is 0 Å². The molecule has 1 unspecified atom stereocenters. The summed E-state index contributed by atoms with van der Waals surface area (Å²) in [5.74, 6) is 1.76. The minimum atomic E-state index is 0.187. The van der Waals surface area contributed by atoms with E-state index in [1.54, 1.807) is 6.92 Å². The first-order chi connectivity index (χ1) is 10.5. The number of carbonyl (C=O) groups is 1.